The number of methoxy groups -OCH3 is 1. The Balaban J connectivity index is 1.99. The number of aromatic hydroxyl groups is 1. The maximum absolute atomic E-state index is 9.31. The lowest BCUT2D eigenvalue weighted by Crippen LogP contribution is -1.98. The summed E-state index contributed by atoms with van der Waals surface area (Å²) in [6, 6.07) is 13.1. The summed E-state index contributed by atoms with van der Waals surface area (Å²) >= 11 is 0. The number of ether oxygens (including phenoxy) is 1. The number of fused-ring (bicyclic) bond motifs is 1. The molecule has 0 saturated carbocycles. The van der Waals surface area contributed by atoms with Crippen LogP contribution in [0, 0.1) is 0 Å². The van der Waals surface area contributed by atoms with E-state index in [1.165, 1.54) is 0 Å². The number of phenols is 1. The molecule has 0 spiro atoms. The van der Waals surface area contributed by atoms with Gasteiger partial charge in [0.1, 0.15) is 17.3 Å². The van der Waals surface area contributed by atoms with Crippen LogP contribution in [0.2, 0.25) is 0 Å². The van der Waals surface area contributed by atoms with Crippen LogP contribution in [0.5, 0.6) is 11.5 Å². The molecule has 1 aromatic heterocycles. The monoisotopic (exact) mass is 268 g/mol. The smallest absolute Gasteiger partial charge is 0.121 e. The van der Waals surface area contributed by atoms with Gasteiger partial charge in [-0.25, -0.2) is 4.98 Å². The highest BCUT2D eigenvalue weighted by Crippen LogP contribution is 2.22. The Labute approximate surface area is 117 Å². The number of hydrogen-bond donors (Lipinski definition) is 1. The van der Waals surface area contributed by atoms with Crippen molar-refractivity contribution in [2.75, 3.05) is 7.11 Å². The average Bonchev–Trinajstić information content (AvgIpc) is 2.77. The first-order valence-corrected chi connectivity index (χ1v) is 6.44. The molecular formula is C16H16N2O2. The molecule has 0 atom stereocenters. The summed E-state index contributed by atoms with van der Waals surface area (Å²) in [6.07, 6.45) is 0.730. The van der Waals surface area contributed by atoms with Gasteiger partial charge in [0.2, 0.25) is 0 Å². The van der Waals surface area contributed by atoms with Crippen LogP contribution in [0.1, 0.15) is 11.4 Å². The van der Waals surface area contributed by atoms with Gasteiger partial charge in [-0.1, -0.05) is 12.1 Å². The number of phenolic OH excluding ortho intramolecular Hbond substituents is 1. The van der Waals surface area contributed by atoms with Crippen LogP contribution in [0.4, 0.5) is 0 Å². The van der Waals surface area contributed by atoms with E-state index in [0.717, 1.165) is 34.6 Å². The topological polar surface area (TPSA) is 47.3 Å². The molecule has 0 fully saturated rings. The number of rotatable bonds is 3. The third-order valence-corrected chi connectivity index (χ3v) is 3.48. The molecule has 4 heteroatoms. The lowest BCUT2D eigenvalue weighted by molar-refractivity contribution is 0.415. The number of aromatic nitrogens is 2. The first kappa shape index (κ1) is 12.5. The zero-order chi connectivity index (χ0) is 14.1. The van der Waals surface area contributed by atoms with Gasteiger partial charge in [0.05, 0.1) is 18.1 Å². The van der Waals surface area contributed by atoms with Crippen molar-refractivity contribution in [1.82, 2.24) is 9.55 Å². The highest BCUT2D eigenvalue weighted by Gasteiger charge is 2.09. The van der Waals surface area contributed by atoms with Crippen molar-refractivity contribution in [3.05, 3.63) is 53.9 Å². The molecule has 0 amide bonds. The Bertz CT molecular complexity index is 745. The summed E-state index contributed by atoms with van der Waals surface area (Å²) < 4.78 is 7.31. The molecule has 0 radical (unpaired) electrons. The van der Waals surface area contributed by atoms with E-state index < -0.39 is 0 Å². The Morgan fingerprint density at radius 1 is 1.15 bits per heavy atom. The molecule has 20 heavy (non-hydrogen) atoms. The van der Waals surface area contributed by atoms with Gasteiger partial charge < -0.3 is 14.4 Å². The fourth-order valence-electron chi connectivity index (χ4n) is 2.31. The minimum Gasteiger partial charge on any atom is -0.508 e. The zero-order valence-electron chi connectivity index (χ0n) is 11.5. The zero-order valence-corrected chi connectivity index (χ0v) is 11.5. The fourth-order valence-corrected chi connectivity index (χ4v) is 2.31. The van der Waals surface area contributed by atoms with Crippen LogP contribution in [0.3, 0.4) is 0 Å². The largest absolute Gasteiger partial charge is 0.508 e. The average molecular weight is 268 g/mol. The van der Waals surface area contributed by atoms with E-state index >= 15 is 0 Å². The van der Waals surface area contributed by atoms with Gasteiger partial charge in [-0.15, -0.1) is 0 Å². The van der Waals surface area contributed by atoms with E-state index in [9.17, 15) is 5.11 Å². The predicted molar refractivity (Wildman–Crippen MR) is 78.2 cm³/mol. The second-order valence-electron chi connectivity index (χ2n) is 4.78. The number of aryl methyl sites for hydroxylation is 1. The van der Waals surface area contributed by atoms with Crippen molar-refractivity contribution >= 4 is 11.0 Å². The first-order valence-electron chi connectivity index (χ1n) is 6.44. The lowest BCUT2D eigenvalue weighted by atomic mass is 10.1. The molecule has 3 aromatic rings. The number of benzene rings is 2. The minimum atomic E-state index is 0.281. The third kappa shape index (κ3) is 2.20. The molecule has 0 aliphatic rings. The molecule has 1 N–H and O–H groups in total. The molecule has 1 heterocycles. The van der Waals surface area contributed by atoms with Crippen LogP contribution in [0.25, 0.3) is 11.0 Å². The van der Waals surface area contributed by atoms with E-state index in [4.69, 9.17) is 4.74 Å². The van der Waals surface area contributed by atoms with Gasteiger partial charge in [0.15, 0.2) is 0 Å². The fraction of sp³-hybridized carbons (Fsp3) is 0.188. The van der Waals surface area contributed by atoms with Crippen molar-refractivity contribution in [2.24, 2.45) is 7.05 Å². The van der Waals surface area contributed by atoms with Gasteiger partial charge >= 0.3 is 0 Å². The van der Waals surface area contributed by atoms with E-state index in [1.807, 2.05) is 37.4 Å². The Hall–Kier alpha value is -2.49. The van der Waals surface area contributed by atoms with Crippen molar-refractivity contribution in [1.29, 1.82) is 0 Å². The summed E-state index contributed by atoms with van der Waals surface area (Å²) in [6.45, 7) is 0. The maximum Gasteiger partial charge on any atom is 0.121 e. The van der Waals surface area contributed by atoms with Gasteiger partial charge in [0.25, 0.3) is 0 Å². The van der Waals surface area contributed by atoms with Crippen LogP contribution < -0.4 is 4.74 Å². The minimum absolute atomic E-state index is 0.281. The summed E-state index contributed by atoms with van der Waals surface area (Å²) in [4.78, 5) is 4.66. The second-order valence-corrected chi connectivity index (χ2v) is 4.78. The first-order chi connectivity index (χ1) is 9.67. The predicted octanol–water partition coefficient (Wildman–Crippen LogP) is 2.88. The van der Waals surface area contributed by atoms with Crippen molar-refractivity contribution in [3.63, 3.8) is 0 Å². The summed E-state index contributed by atoms with van der Waals surface area (Å²) in [5.41, 5.74) is 3.13. The quantitative estimate of drug-likeness (QED) is 0.794. The van der Waals surface area contributed by atoms with Crippen molar-refractivity contribution in [2.45, 2.75) is 6.42 Å². The highest BCUT2D eigenvalue weighted by atomic mass is 16.5. The molecule has 2 aromatic carbocycles. The Morgan fingerprint density at radius 3 is 2.60 bits per heavy atom. The lowest BCUT2D eigenvalue weighted by Gasteiger charge is -2.03. The maximum atomic E-state index is 9.31. The van der Waals surface area contributed by atoms with Gasteiger partial charge in [0, 0.05) is 19.5 Å². The second kappa shape index (κ2) is 4.89. The van der Waals surface area contributed by atoms with Gasteiger partial charge in [-0.2, -0.15) is 0 Å². The van der Waals surface area contributed by atoms with Crippen LogP contribution >= 0.6 is 0 Å². The van der Waals surface area contributed by atoms with Crippen molar-refractivity contribution < 1.29 is 9.84 Å². The molecule has 0 aliphatic carbocycles. The molecule has 0 aliphatic heterocycles. The van der Waals surface area contributed by atoms with Gasteiger partial charge in [-0.05, 0) is 29.8 Å². The van der Waals surface area contributed by atoms with Crippen LogP contribution in [-0.4, -0.2) is 21.8 Å². The van der Waals surface area contributed by atoms with Gasteiger partial charge in [-0.3, -0.25) is 0 Å². The van der Waals surface area contributed by atoms with E-state index in [2.05, 4.69) is 9.55 Å². The molecule has 4 nitrogen and oxygen atoms in total. The van der Waals surface area contributed by atoms with E-state index in [1.54, 1.807) is 19.2 Å². The summed E-state index contributed by atoms with van der Waals surface area (Å²) in [5, 5.41) is 9.31. The number of hydrogen-bond acceptors (Lipinski definition) is 3. The standard InChI is InChI=1S/C16H16N2O2/c1-18-15-8-7-13(20-2)10-14(15)17-16(18)9-11-3-5-12(19)6-4-11/h3-8,10,19H,9H2,1-2H3. The summed E-state index contributed by atoms with van der Waals surface area (Å²) in [5.74, 6) is 2.08. The Kier molecular flexibility index (Phi) is 3.06. The van der Waals surface area contributed by atoms with Crippen LogP contribution in [0.15, 0.2) is 42.5 Å². The molecule has 0 saturated heterocycles. The van der Waals surface area contributed by atoms with Crippen LogP contribution in [-0.2, 0) is 13.5 Å². The normalized spacial score (nSPS) is 10.9. The number of nitrogens with zero attached hydrogens (tertiary/aromatic N) is 2. The molecule has 3 rings (SSSR count). The molecule has 102 valence electrons. The molecule has 0 unspecified atom stereocenters. The molecular weight excluding hydrogens is 252 g/mol. The van der Waals surface area contributed by atoms with E-state index in [-0.39, 0.29) is 5.75 Å². The number of imidazole rings is 1. The molecule has 0 bridgehead atoms. The highest BCUT2D eigenvalue weighted by molar-refractivity contribution is 5.77. The van der Waals surface area contributed by atoms with E-state index in [0.29, 0.717) is 0 Å². The SMILES string of the molecule is COc1ccc2c(c1)nc(Cc1ccc(O)cc1)n2C. The Morgan fingerprint density at radius 2 is 1.90 bits per heavy atom. The van der Waals surface area contributed by atoms with Crippen molar-refractivity contribution in [3.8, 4) is 11.5 Å². The third-order valence-electron chi connectivity index (χ3n) is 3.48. The summed E-state index contributed by atoms with van der Waals surface area (Å²) in [7, 11) is 3.67.